The molecule has 2 aromatic carbocycles. The van der Waals surface area contributed by atoms with Crippen LogP contribution in [0.1, 0.15) is 35.2 Å². The van der Waals surface area contributed by atoms with Gasteiger partial charge in [0.05, 0.1) is 18.0 Å². The number of piperidine rings is 1. The zero-order valence-electron chi connectivity index (χ0n) is 16.8. The first-order valence-electron chi connectivity index (χ1n) is 10.1. The number of hydrogen-bond acceptors (Lipinski definition) is 6. The molecule has 1 saturated heterocycles. The predicted molar refractivity (Wildman–Crippen MR) is 114 cm³/mol. The van der Waals surface area contributed by atoms with Gasteiger partial charge in [0.2, 0.25) is 5.91 Å². The Kier molecular flexibility index (Phi) is 5.83. The van der Waals surface area contributed by atoms with Gasteiger partial charge in [-0.1, -0.05) is 24.3 Å². The summed E-state index contributed by atoms with van der Waals surface area (Å²) >= 11 is 0. The highest BCUT2D eigenvalue weighted by atomic mass is 16.5. The van der Waals surface area contributed by atoms with Gasteiger partial charge in [-0.2, -0.15) is 0 Å². The lowest BCUT2D eigenvalue weighted by molar-refractivity contribution is -0.124. The lowest BCUT2D eigenvalue weighted by atomic mass is 9.79. The minimum atomic E-state index is -0.734. The Morgan fingerprint density at radius 3 is 2.77 bits per heavy atom. The van der Waals surface area contributed by atoms with Gasteiger partial charge in [-0.3, -0.25) is 19.6 Å². The number of anilines is 1. The largest absolute Gasteiger partial charge is 0.486 e. The quantitative estimate of drug-likeness (QED) is 0.342. The molecular weight excluding hydrogens is 398 g/mol. The summed E-state index contributed by atoms with van der Waals surface area (Å²) in [6, 6.07) is 13.8. The van der Waals surface area contributed by atoms with Gasteiger partial charge in [-0.05, 0) is 42.4 Å². The van der Waals surface area contributed by atoms with Crippen LogP contribution in [0.4, 0.5) is 5.69 Å². The summed E-state index contributed by atoms with van der Waals surface area (Å²) in [7, 11) is 0. The van der Waals surface area contributed by atoms with E-state index in [0.717, 1.165) is 5.69 Å². The number of Topliss-reactive ketones (excluding diaryl/α,β-unsaturated/α-hetero) is 1. The molecule has 2 aromatic rings. The molecule has 0 aliphatic carbocycles. The van der Waals surface area contributed by atoms with E-state index in [1.807, 2.05) is 30.3 Å². The van der Waals surface area contributed by atoms with Crippen molar-refractivity contribution < 1.29 is 24.3 Å². The maximum atomic E-state index is 12.9. The number of ketones is 1. The number of carbonyl (C=O) groups is 3. The minimum Gasteiger partial charge on any atom is -0.486 e. The molecule has 8 heteroatoms. The first-order valence-corrected chi connectivity index (χ1v) is 10.1. The van der Waals surface area contributed by atoms with Crippen LogP contribution >= 0.6 is 0 Å². The summed E-state index contributed by atoms with van der Waals surface area (Å²) in [6.07, 6.45) is 3.85. The van der Waals surface area contributed by atoms with E-state index in [2.05, 4.69) is 10.6 Å². The number of benzene rings is 2. The molecule has 8 nitrogen and oxygen atoms in total. The second-order valence-electron chi connectivity index (χ2n) is 7.77. The van der Waals surface area contributed by atoms with Crippen LogP contribution < -0.4 is 20.9 Å². The zero-order valence-corrected chi connectivity index (χ0v) is 16.8. The van der Waals surface area contributed by atoms with Crippen LogP contribution in [0.5, 0.6) is 5.75 Å². The number of ether oxygens (including phenoxy) is 1. The molecule has 0 radical (unpaired) electrons. The van der Waals surface area contributed by atoms with Gasteiger partial charge in [0.1, 0.15) is 11.4 Å². The van der Waals surface area contributed by atoms with Crippen LogP contribution in [0.25, 0.3) is 6.08 Å². The Labute approximate surface area is 179 Å². The first kappa shape index (κ1) is 20.8. The van der Waals surface area contributed by atoms with E-state index in [4.69, 9.17) is 9.94 Å². The van der Waals surface area contributed by atoms with Crippen molar-refractivity contribution >= 4 is 29.4 Å². The molecule has 4 rings (SSSR count). The lowest BCUT2D eigenvalue weighted by Gasteiger charge is -2.43. The van der Waals surface area contributed by atoms with Crippen LogP contribution in [0.3, 0.4) is 0 Å². The van der Waals surface area contributed by atoms with Gasteiger partial charge < -0.3 is 15.4 Å². The average Bonchev–Trinajstić information content (AvgIpc) is 2.78. The molecule has 2 amide bonds. The molecule has 160 valence electrons. The normalized spacial score (nSPS) is 22.6. The van der Waals surface area contributed by atoms with Crippen molar-refractivity contribution in [2.75, 3.05) is 11.9 Å². The Morgan fingerprint density at radius 1 is 1.19 bits per heavy atom. The van der Waals surface area contributed by atoms with Crippen molar-refractivity contribution in [1.29, 1.82) is 0 Å². The molecule has 0 saturated carbocycles. The van der Waals surface area contributed by atoms with E-state index in [1.54, 1.807) is 18.2 Å². The van der Waals surface area contributed by atoms with Crippen molar-refractivity contribution in [3.8, 4) is 5.75 Å². The zero-order chi connectivity index (χ0) is 21.8. The van der Waals surface area contributed by atoms with Crippen LogP contribution in [-0.4, -0.2) is 41.0 Å². The van der Waals surface area contributed by atoms with Gasteiger partial charge in [0, 0.05) is 24.6 Å². The number of amides is 2. The third kappa shape index (κ3) is 4.65. The molecule has 2 unspecified atom stereocenters. The van der Waals surface area contributed by atoms with E-state index in [9.17, 15) is 14.4 Å². The first-order chi connectivity index (χ1) is 15.0. The standard InChI is InChI=1S/C23H23N3O5/c27-19-14-23(31-20-8-6-15(12-17(19)20)7-9-21(28)26-30)10-11-24-18(13-23)22(29)25-16-4-2-1-3-5-16/h1-9,12,18,24,30H,10-11,13-14H2,(H,25,29)(H,26,28). The number of carbonyl (C=O) groups excluding carboxylic acids is 3. The number of nitrogens with one attached hydrogen (secondary N) is 3. The number of fused-ring (bicyclic) bond motifs is 1. The molecule has 2 atom stereocenters. The summed E-state index contributed by atoms with van der Waals surface area (Å²) in [4.78, 5) is 36.8. The van der Waals surface area contributed by atoms with E-state index in [0.29, 0.717) is 36.3 Å². The Bertz CT molecular complexity index is 1040. The summed E-state index contributed by atoms with van der Waals surface area (Å²) in [5, 5.41) is 14.7. The Morgan fingerprint density at radius 2 is 2.00 bits per heavy atom. The molecule has 1 spiro atoms. The molecule has 0 aromatic heterocycles. The van der Waals surface area contributed by atoms with Crippen LogP contribution in [0.2, 0.25) is 0 Å². The minimum absolute atomic E-state index is 0.0628. The number of hydroxylamine groups is 1. The van der Waals surface area contributed by atoms with Gasteiger partial charge in [-0.15, -0.1) is 0 Å². The third-order valence-corrected chi connectivity index (χ3v) is 5.56. The average molecular weight is 421 g/mol. The molecular formula is C23H23N3O5. The fourth-order valence-corrected chi connectivity index (χ4v) is 4.03. The third-order valence-electron chi connectivity index (χ3n) is 5.56. The van der Waals surface area contributed by atoms with Gasteiger partial charge >= 0.3 is 0 Å². The highest BCUT2D eigenvalue weighted by Crippen LogP contribution is 2.40. The molecule has 2 aliphatic heterocycles. The van der Waals surface area contributed by atoms with Crippen molar-refractivity contribution in [2.45, 2.75) is 30.9 Å². The maximum absolute atomic E-state index is 12.9. The van der Waals surface area contributed by atoms with Gasteiger partial charge in [0.25, 0.3) is 5.91 Å². The van der Waals surface area contributed by atoms with Crippen molar-refractivity contribution in [3.05, 3.63) is 65.7 Å². The van der Waals surface area contributed by atoms with E-state index < -0.39 is 17.6 Å². The Balaban J connectivity index is 1.49. The molecule has 31 heavy (non-hydrogen) atoms. The van der Waals surface area contributed by atoms with Crippen molar-refractivity contribution in [1.82, 2.24) is 10.8 Å². The summed E-state index contributed by atoms with van der Waals surface area (Å²) in [6.45, 7) is 0.562. The lowest BCUT2D eigenvalue weighted by Crippen LogP contribution is -2.57. The predicted octanol–water partition coefficient (Wildman–Crippen LogP) is 2.30. The number of rotatable bonds is 4. The maximum Gasteiger partial charge on any atom is 0.267 e. The highest BCUT2D eigenvalue weighted by molar-refractivity contribution is 6.01. The van der Waals surface area contributed by atoms with E-state index in [-0.39, 0.29) is 18.1 Å². The molecule has 1 fully saturated rings. The number of hydrogen-bond donors (Lipinski definition) is 4. The second kappa shape index (κ2) is 8.71. The fraction of sp³-hybridized carbons (Fsp3) is 0.261. The van der Waals surface area contributed by atoms with Crippen LogP contribution in [0.15, 0.2) is 54.6 Å². The highest BCUT2D eigenvalue weighted by Gasteiger charge is 2.45. The molecule has 0 bridgehead atoms. The summed E-state index contributed by atoms with van der Waals surface area (Å²) in [5.74, 6) is -0.403. The summed E-state index contributed by atoms with van der Waals surface area (Å²) < 4.78 is 6.28. The number of para-hydroxylation sites is 1. The van der Waals surface area contributed by atoms with Crippen LogP contribution in [-0.2, 0) is 9.59 Å². The fourth-order valence-electron chi connectivity index (χ4n) is 4.03. The smallest absolute Gasteiger partial charge is 0.267 e. The van der Waals surface area contributed by atoms with Crippen molar-refractivity contribution in [2.24, 2.45) is 0 Å². The Hall–Kier alpha value is -3.49. The van der Waals surface area contributed by atoms with Crippen LogP contribution in [0, 0.1) is 0 Å². The second-order valence-corrected chi connectivity index (χ2v) is 7.77. The van der Waals surface area contributed by atoms with Gasteiger partial charge in [0.15, 0.2) is 5.78 Å². The SMILES string of the molecule is O=C(C=Cc1ccc2c(c1)C(=O)CC1(CCNC(C(=O)Nc3ccccc3)C1)O2)NO. The molecule has 4 N–H and O–H groups in total. The topological polar surface area (TPSA) is 117 Å². The monoisotopic (exact) mass is 421 g/mol. The summed E-state index contributed by atoms with van der Waals surface area (Å²) in [5.41, 5.74) is 2.59. The molecule has 2 aliphatic rings. The van der Waals surface area contributed by atoms with Crippen molar-refractivity contribution in [3.63, 3.8) is 0 Å². The molecule has 2 heterocycles. The van der Waals surface area contributed by atoms with E-state index >= 15 is 0 Å². The van der Waals surface area contributed by atoms with E-state index in [1.165, 1.54) is 17.6 Å². The van der Waals surface area contributed by atoms with Gasteiger partial charge in [-0.25, -0.2) is 5.48 Å².